The van der Waals surface area contributed by atoms with E-state index >= 15 is 0 Å². The van der Waals surface area contributed by atoms with Crippen molar-refractivity contribution in [3.8, 4) is 0 Å². The molecule has 0 bridgehead atoms. The topological polar surface area (TPSA) is 69.6 Å². The first-order valence-electron chi connectivity index (χ1n) is 5.37. The Morgan fingerprint density at radius 2 is 2.13 bits per heavy atom. The van der Waals surface area contributed by atoms with E-state index in [9.17, 15) is 9.90 Å². The fourth-order valence-corrected chi connectivity index (χ4v) is 1.86. The van der Waals surface area contributed by atoms with E-state index in [0.717, 1.165) is 31.8 Å². The lowest BCUT2D eigenvalue weighted by molar-refractivity contribution is -0.131. The van der Waals surface area contributed by atoms with Crippen molar-refractivity contribution in [1.82, 2.24) is 5.32 Å². The maximum absolute atomic E-state index is 10.2. The van der Waals surface area contributed by atoms with Gasteiger partial charge in [-0.25, -0.2) is 4.79 Å². The SMILES string of the molecule is CC1CCC(O)(CN/C=C/C(=O)O)CC1. The molecule has 0 heterocycles. The van der Waals surface area contributed by atoms with Gasteiger partial charge in [0, 0.05) is 18.8 Å². The molecule has 1 fully saturated rings. The lowest BCUT2D eigenvalue weighted by Crippen LogP contribution is -2.41. The van der Waals surface area contributed by atoms with Crippen molar-refractivity contribution in [2.75, 3.05) is 6.54 Å². The summed E-state index contributed by atoms with van der Waals surface area (Å²) in [4.78, 5) is 10.2. The Morgan fingerprint density at radius 1 is 1.53 bits per heavy atom. The number of hydrogen-bond acceptors (Lipinski definition) is 3. The molecule has 0 aliphatic heterocycles. The van der Waals surface area contributed by atoms with Crippen LogP contribution in [-0.4, -0.2) is 28.3 Å². The van der Waals surface area contributed by atoms with E-state index < -0.39 is 11.6 Å². The molecular weight excluding hydrogens is 194 g/mol. The van der Waals surface area contributed by atoms with Gasteiger partial charge in [0.15, 0.2) is 0 Å². The predicted octanol–water partition coefficient (Wildman–Crippen LogP) is 1.12. The molecule has 1 rings (SSSR count). The minimum absolute atomic E-state index is 0.434. The third-order valence-corrected chi connectivity index (χ3v) is 2.98. The van der Waals surface area contributed by atoms with E-state index in [1.165, 1.54) is 6.20 Å². The van der Waals surface area contributed by atoms with Crippen LogP contribution in [0.1, 0.15) is 32.6 Å². The van der Waals surface area contributed by atoms with E-state index in [1.807, 2.05) is 0 Å². The highest BCUT2D eigenvalue weighted by atomic mass is 16.4. The molecule has 0 radical (unpaired) electrons. The Morgan fingerprint density at radius 3 is 2.67 bits per heavy atom. The summed E-state index contributed by atoms with van der Waals surface area (Å²) < 4.78 is 0. The van der Waals surface area contributed by atoms with Gasteiger partial charge in [-0.2, -0.15) is 0 Å². The zero-order valence-electron chi connectivity index (χ0n) is 9.07. The number of carboxylic acid groups (broad SMARTS) is 1. The van der Waals surface area contributed by atoms with Crippen LogP contribution >= 0.6 is 0 Å². The fourth-order valence-electron chi connectivity index (χ4n) is 1.86. The van der Waals surface area contributed by atoms with Gasteiger partial charge in [-0.15, -0.1) is 0 Å². The summed E-state index contributed by atoms with van der Waals surface area (Å²) in [7, 11) is 0. The third-order valence-electron chi connectivity index (χ3n) is 2.98. The summed E-state index contributed by atoms with van der Waals surface area (Å²) in [5.41, 5.74) is -0.657. The molecule has 86 valence electrons. The van der Waals surface area contributed by atoms with Gasteiger partial charge in [0.25, 0.3) is 0 Å². The lowest BCUT2D eigenvalue weighted by Gasteiger charge is -2.34. The molecule has 0 aromatic rings. The number of carboxylic acids is 1. The van der Waals surface area contributed by atoms with E-state index in [0.29, 0.717) is 12.5 Å². The minimum atomic E-state index is -0.980. The second kappa shape index (κ2) is 5.16. The van der Waals surface area contributed by atoms with Gasteiger partial charge in [-0.1, -0.05) is 6.92 Å². The van der Waals surface area contributed by atoms with Gasteiger partial charge in [-0.3, -0.25) is 0 Å². The molecule has 4 nitrogen and oxygen atoms in total. The van der Waals surface area contributed by atoms with Crippen LogP contribution in [-0.2, 0) is 4.79 Å². The monoisotopic (exact) mass is 213 g/mol. The molecule has 1 saturated carbocycles. The Labute approximate surface area is 90.0 Å². The van der Waals surface area contributed by atoms with Gasteiger partial charge >= 0.3 is 5.97 Å². The first-order chi connectivity index (χ1) is 7.02. The van der Waals surface area contributed by atoms with E-state index in [4.69, 9.17) is 5.11 Å². The first kappa shape index (κ1) is 12.0. The number of carbonyl (C=O) groups is 1. The highest BCUT2D eigenvalue weighted by Gasteiger charge is 2.30. The zero-order valence-corrected chi connectivity index (χ0v) is 9.07. The Bertz CT molecular complexity index is 242. The quantitative estimate of drug-likeness (QED) is 0.612. The lowest BCUT2D eigenvalue weighted by atomic mass is 9.79. The van der Waals surface area contributed by atoms with Crippen LogP contribution in [0.3, 0.4) is 0 Å². The third kappa shape index (κ3) is 4.34. The van der Waals surface area contributed by atoms with Crippen molar-refractivity contribution >= 4 is 5.97 Å². The molecule has 0 unspecified atom stereocenters. The van der Waals surface area contributed by atoms with E-state index in [-0.39, 0.29) is 0 Å². The summed E-state index contributed by atoms with van der Waals surface area (Å²) in [6, 6.07) is 0. The van der Waals surface area contributed by atoms with Crippen LogP contribution in [0.4, 0.5) is 0 Å². The van der Waals surface area contributed by atoms with Crippen LogP contribution in [0, 0.1) is 5.92 Å². The van der Waals surface area contributed by atoms with Gasteiger partial charge in [0.1, 0.15) is 0 Å². The van der Waals surface area contributed by atoms with Gasteiger partial charge in [0.2, 0.25) is 0 Å². The molecule has 1 aliphatic rings. The van der Waals surface area contributed by atoms with Crippen molar-refractivity contribution in [2.24, 2.45) is 5.92 Å². The van der Waals surface area contributed by atoms with Crippen molar-refractivity contribution in [3.05, 3.63) is 12.3 Å². The van der Waals surface area contributed by atoms with E-state index in [2.05, 4.69) is 12.2 Å². The average molecular weight is 213 g/mol. The summed E-state index contributed by atoms with van der Waals surface area (Å²) in [5.74, 6) is -0.286. The molecule has 15 heavy (non-hydrogen) atoms. The van der Waals surface area contributed by atoms with Crippen LogP contribution in [0.25, 0.3) is 0 Å². The zero-order chi connectivity index (χ0) is 11.3. The maximum Gasteiger partial charge on any atom is 0.329 e. The minimum Gasteiger partial charge on any atom is -0.478 e. The van der Waals surface area contributed by atoms with E-state index in [1.54, 1.807) is 0 Å². The van der Waals surface area contributed by atoms with Crippen molar-refractivity contribution in [2.45, 2.75) is 38.2 Å². The van der Waals surface area contributed by atoms with Crippen molar-refractivity contribution in [1.29, 1.82) is 0 Å². The number of rotatable bonds is 4. The molecular formula is C11H19NO3. The molecule has 1 aliphatic carbocycles. The molecule has 0 aromatic heterocycles. The second-order valence-corrected chi connectivity index (χ2v) is 4.46. The second-order valence-electron chi connectivity index (χ2n) is 4.46. The molecule has 0 atom stereocenters. The molecule has 0 saturated heterocycles. The summed E-state index contributed by atoms with van der Waals surface area (Å²) in [6.07, 6.45) is 6.08. The van der Waals surface area contributed by atoms with Crippen molar-refractivity contribution < 1.29 is 15.0 Å². The molecule has 3 N–H and O–H groups in total. The van der Waals surface area contributed by atoms with Crippen LogP contribution in [0.2, 0.25) is 0 Å². The van der Waals surface area contributed by atoms with Gasteiger partial charge in [0.05, 0.1) is 5.60 Å². The standard InChI is InChI=1S/C11H19NO3/c1-9-2-5-11(15,6-3-9)8-12-7-4-10(13)14/h4,7,9,12,15H,2-3,5-6,8H2,1H3,(H,13,14)/b7-4+. The predicted molar refractivity (Wildman–Crippen MR) is 57.4 cm³/mol. The normalized spacial score (nSPS) is 31.7. The molecule has 0 aromatic carbocycles. The van der Waals surface area contributed by atoms with Crippen LogP contribution in [0.15, 0.2) is 12.3 Å². The van der Waals surface area contributed by atoms with Gasteiger partial charge < -0.3 is 15.5 Å². The highest BCUT2D eigenvalue weighted by Crippen LogP contribution is 2.31. The van der Waals surface area contributed by atoms with Crippen LogP contribution in [0.5, 0.6) is 0 Å². The Hall–Kier alpha value is -1.03. The fraction of sp³-hybridized carbons (Fsp3) is 0.727. The van der Waals surface area contributed by atoms with Gasteiger partial charge in [-0.05, 0) is 31.6 Å². The number of hydrogen-bond donors (Lipinski definition) is 3. The largest absolute Gasteiger partial charge is 0.478 e. The number of aliphatic hydroxyl groups is 1. The number of aliphatic carboxylic acids is 1. The van der Waals surface area contributed by atoms with Crippen molar-refractivity contribution in [3.63, 3.8) is 0 Å². The molecule has 4 heteroatoms. The summed E-state index contributed by atoms with van der Waals surface area (Å²) in [5, 5.41) is 21.3. The summed E-state index contributed by atoms with van der Waals surface area (Å²) >= 11 is 0. The van der Waals surface area contributed by atoms with Crippen LogP contribution < -0.4 is 5.32 Å². The number of nitrogens with one attached hydrogen (secondary N) is 1. The highest BCUT2D eigenvalue weighted by molar-refractivity contribution is 5.79. The maximum atomic E-state index is 10.2. The molecule has 0 amide bonds. The first-order valence-corrected chi connectivity index (χ1v) is 5.37. The summed E-state index contributed by atoms with van der Waals surface area (Å²) in [6.45, 7) is 2.63. The smallest absolute Gasteiger partial charge is 0.329 e. The Kier molecular flexibility index (Phi) is 4.15. The Balaban J connectivity index is 2.28. The molecule has 0 spiro atoms. The average Bonchev–Trinajstić information content (AvgIpc) is 2.18.